The van der Waals surface area contributed by atoms with Gasteiger partial charge < -0.3 is 15.4 Å². The summed E-state index contributed by atoms with van der Waals surface area (Å²) in [5, 5.41) is 6.56. The van der Waals surface area contributed by atoms with Crippen molar-refractivity contribution in [3.8, 4) is 0 Å². The van der Waals surface area contributed by atoms with Crippen molar-refractivity contribution in [2.24, 2.45) is 0 Å². The maximum atomic E-state index is 5.52. The van der Waals surface area contributed by atoms with Crippen LogP contribution in [0, 0.1) is 0 Å². The van der Waals surface area contributed by atoms with Crippen LogP contribution in [-0.4, -0.2) is 30.8 Å². The maximum Gasteiger partial charge on any atom is 0.127 e. The normalized spacial score (nSPS) is 25.1. The second kappa shape index (κ2) is 4.70. The van der Waals surface area contributed by atoms with Gasteiger partial charge in [-0.15, -0.1) is 0 Å². The van der Waals surface area contributed by atoms with Gasteiger partial charge in [0.2, 0.25) is 0 Å². The van der Waals surface area contributed by atoms with Gasteiger partial charge in [0.15, 0.2) is 0 Å². The number of rotatable bonds is 3. The van der Waals surface area contributed by atoms with Gasteiger partial charge >= 0.3 is 0 Å². The minimum absolute atomic E-state index is 0.0462. The summed E-state index contributed by atoms with van der Waals surface area (Å²) in [7, 11) is 1.87. The van der Waals surface area contributed by atoms with Crippen LogP contribution in [0.4, 0.5) is 11.5 Å². The molecule has 0 aliphatic carbocycles. The summed E-state index contributed by atoms with van der Waals surface area (Å²) in [6, 6.07) is 4.00. The predicted octanol–water partition coefficient (Wildman–Crippen LogP) is 2.10. The highest BCUT2D eigenvalue weighted by Crippen LogP contribution is 2.24. The van der Waals surface area contributed by atoms with Crippen molar-refractivity contribution in [1.29, 1.82) is 0 Å². The Hall–Kier alpha value is -1.29. The molecule has 1 aromatic rings. The van der Waals surface area contributed by atoms with Gasteiger partial charge in [-0.2, -0.15) is 0 Å². The van der Waals surface area contributed by atoms with Crippen LogP contribution in [0.1, 0.15) is 19.8 Å². The number of anilines is 2. The molecule has 1 aliphatic rings. The highest BCUT2D eigenvalue weighted by molar-refractivity contribution is 5.53. The number of pyridine rings is 1. The van der Waals surface area contributed by atoms with E-state index in [1.807, 2.05) is 19.2 Å². The Balaban J connectivity index is 2.07. The van der Waals surface area contributed by atoms with E-state index in [1.165, 1.54) is 0 Å². The van der Waals surface area contributed by atoms with Crippen molar-refractivity contribution in [1.82, 2.24) is 4.98 Å². The van der Waals surface area contributed by atoms with Gasteiger partial charge in [-0.25, -0.2) is 4.98 Å². The molecule has 0 amide bonds. The molecule has 4 nitrogen and oxygen atoms in total. The smallest absolute Gasteiger partial charge is 0.127 e. The molecule has 0 spiro atoms. The zero-order valence-electron chi connectivity index (χ0n) is 9.92. The quantitative estimate of drug-likeness (QED) is 0.820. The van der Waals surface area contributed by atoms with Crippen LogP contribution in [0.15, 0.2) is 18.3 Å². The molecular formula is C12H19N3O. The molecule has 2 N–H and O–H groups in total. The Kier molecular flexibility index (Phi) is 3.29. The summed E-state index contributed by atoms with van der Waals surface area (Å²) >= 11 is 0. The second-order valence-electron chi connectivity index (χ2n) is 4.52. The Labute approximate surface area is 96.4 Å². The molecule has 1 aliphatic heterocycles. The lowest BCUT2D eigenvalue weighted by atomic mass is 9.94. The lowest BCUT2D eigenvalue weighted by molar-refractivity contribution is 0.0540. The van der Waals surface area contributed by atoms with Gasteiger partial charge in [0, 0.05) is 31.6 Å². The first kappa shape index (κ1) is 11.2. The molecule has 0 radical (unpaired) electrons. The summed E-state index contributed by atoms with van der Waals surface area (Å²) in [6.07, 6.45) is 4.07. The van der Waals surface area contributed by atoms with Gasteiger partial charge in [-0.1, -0.05) is 0 Å². The highest BCUT2D eigenvalue weighted by Gasteiger charge is 2.27. The molecule has 0 bridgehead atoms. The molecule has 88 valence electrons. The van der Waals surface area contributed by atoms with E-state index in [-0.39, 0.29) is 5.54 Å². The minimum Gasteiger partial charge on any atom is -0.379 e. The average Bonchev–Trinajstić information content (AvgIpc) is 2.29. The van der Waals surface area contributed by atoms with E-state index in [4.69, 9.17) is 4.74 Å². The van der Waals surface area contributed by atoms with E-state index in [9.17, 15) is 0 Å². The van der Waals surface area contributed by atoms with Crippen LogP contribution in [0.5, 0.6) is 0 Å². The van der Waals surface area contributed by atoms with Crippen molar-refractivity contribution >= 4 is 11.5 Å². The number of ether oxygens (including phenoxy) is 1. The van der Waals surface area contributed by atoms with E-state index < -0.39 is 0 Å². The first-order valence-corrected chi connectivity index (χ1v) is 5.72. The van der Waals surface area contributed by atoms with Gasteiger partial charge in [0.1, 0.15) is 5.82 Å². The monoisotopic (exact) mass is 221 g/mol. The van der Waals surface area contributed by atoms with E-state index in [2.05, 4.69) is 22.5 Å². The van der Waals surface area contributed by atoms with Gasteiger partial charge in [0.05, 0.1) is 12.1 Å². The van der Waals surface area contributed by atoms with E-state index in [0.29, 0.717) is 0 Å². The summed E-state index contributed by atoms with van der Waals surface area (Å²) < 4.78 is 5.52. The molecule has 0 saturated carbocycles. The fraction of sp³-hybridized carbons (Fsp3) is 0.583. The van der Waals surface area contributed by atoms with E-state index in [0.717, 1.165) is 37.6 Å². The van der Waals surface area contributed by atoms with E-state index in [1.54, 1.807) is 6.20 Å². The van der Waals surface area contributed by atoms with Crippen LogP contribution >= 0.6 is 0 Å². The van der Waals surface area contributed by atoms with Crippen molar-refractivity contribution < 1.29 is 4.74 Å². The Morgan fingerprint density at radius 3 is 3.06 bits per heavy atom. The molecule has 1 unspecified atom stereocenters. The van der Waals surface area contributed by atoms with Crippen LogP contribution in [-0.2, 0) is 4.74 Å². The lowest BCUT2D eigenvalue weighted by Crippen LogP contribution is -2.43. The molecular weight excluding hydrogens is 202 g/mol. The van der Waals surface area contributed by atoms with Crippen molar-refractivity contribution in [3.63, 3.8) is 0 Å². The molecule has 1 atom stereocenters. The lowest BCUT2D eigenvalue weighted by Gasteiger charge is -2.35. The van der Waals surface area contributed by atoms with Crippen LogP contribution in [0.25, 0.3) is 0 Å². The summed E-state index contributed by atoms with van der Waals surface area (Å²) in [5.41, 5.74) is 1.14. The molecule has 1 aromatic heterocycles. The number of nitrogens with zero attached hydrogens (tertiary/aromatic N) is 1. The third-order valence-electron chi connectivity index (χ3n) is 2.90. The topological polar surface area (TPSA) is 46.2 Å². The zero-order chi connectivity index (χ0) is 11.4. The molecule has 2 rings (SSSR count). The van der Waals surface area contributed by atoms with Crippen molar-refractivity contribution in [2.45, 2.75) is 25.3 Å². The number of hydrogen-bond donors (Lipinski definition) is 2. The van der Waals surface area contributed by atoms with Crippen LogP contribution in [0.3, 0.4) is 0 Å². The predicted molar refractivity (Wildman–Crippen MR) is 65.9 cm³/mol. The number of nitrogens with one attached hydrogen (secondary N) is 2. The standard InChI is InChI=1S/C12H19N3O/c1-12(5-3-7-16-9-12)15-10-4-6-14-11(8-10)13-2/h4,6,8H,3,5,7,9H2,1-2H3,(H2,13,14,15). The van der Waals surface area contributed by atoms with Gasteiger partial charge in [-0.3, -0.25) is 0 Å². The van der Waals surface area contributed by atoms with Crippen LogP contribution < -0.4 is 10.6 Å². The zero-order valence-corrected chi connectivity index (χ0v) is 9.92. The first-order valence-electron chi connectivity index (χ1n) is 5.72. The Morgan fingerprint density at radius 2 is 2.38 bits per heavy atom. The third-order valence-corrected chi connectivity index (χ3v) is 2.90. The SMILES string of the molecule is CNc1cc(NC2(C)CCCOC2)ccn1. The van der Waals surface area contributed by atoms with Gasteiger partial charge in [-0.05, 0) is 25.8 Å². The summed E-state index contributed by atoms with van der Waals surface area (Å²) in [5.74, 6) is 0.880. The molecule has 0 aromatic carbocycles. The van der Waals surface area contributed by atoms with Crippen LogP contribution in [0.2, 0.25) is 0 Å². The molecule has 16 heavy (non-hydrogen) atoms. The first-order chi connectivity index (χ1) is 7.72. The Bertz CT molecular complexity index is 348. The number of aromatic nitrogens is 1. The maximum absolute atomic E-state index is 5.52. The third kappa shape index (κ3) is 2.64. The number of hydrogen-bond acceptors (Lipinski definition) is 4. The van der Waals surface area contributed by atoms with E-state index >= 15 is 0 Å². The molecule has 1 saturated heterocycles. The Morgan fingerprint density at radius 1 is 1.50 bits per heavy atom. The summed E-state index contributed by atoms with van der Waals surface area (Å²) in [6.45, 7) is 3.85. The van der Waals surface area contributed by atoms with Gasteiger partial charge in [0.25, 0.3) is 0 Å². The average molecular weight is 221 g/mol. The molecule has 4 heteroatoms. The van der Waals surface area contributed by atoms with Crippen molar-refractivity contribution in [2.75, 3.05) is 30.9 Å². The minimum atomic E-state index is 0.0462. The second-order valence-corrected chi connectivity index (χ2v) is 4.52. The largest absolute Gasteiger partial charge is 0.379 e. The molecule has 2 heterocycles. The molecule has 1 fully saturated rings. The fourth-order valence-electron chi connectivity index (χ4n) is 2.03. The van der Waals surface area contributed by atoms with Crippen molar-refractivity contribution in [3.05, 3.63) is 18.3 Å². The fourth-order valence-corrected chi connectivity index (χ4v) is 2.03. The summed E-state index contributed by atoms with van der Waals surface area (Å²) in [4.78, 5) is 4.19. The highest BCUT2D eigenvalue weighted by atomic mass is 16.5.